The largest absolute Gasteiger partial charge is 0.340 e. The molecule has 0 amide bonds. The first-order valence-electron chi connectivity index (χ1n) is 4.08. The van der Waals surface area contributed by atoms with Gasteiger partial charge in [-0.3, -0.25) is 4.98 Å². The molecule has 1 aromatic heterocycles. The second kappa shape index (κ2) is 5.30. The SMILES string of the molecule is C=C(SCC#N)N(C)c1ccncc1. The number of hydrogen-bond donors (Lipinski definition) is 0. The lowest BCUT2D eigenvalue weighted by Crippen LogP contribution is -2.13. The lowest BCUT2D eigenvalue weighted by atomic mass is 10.4. The summed E-state index contributed by atoms with van der Waals surface area (Å²) in [6.07, 6.45) is 3.46. The molecule has 0 atom stereocenters. The summed E-state index contributed by atoms with van der Waals surface area (Å²) in [6.45, 7) is 3.89. The van der Waals surface area contributed by atoms with Gasteiger partial charge in [-0.2, -0.15) is 5.26 Å². The minimum atomic E-state index is 0.425. The van der Waals surface area contributed by atoms with Gasteiger partial charge < -0.3 is 4.90 Å². The highest BCUT2D eigenvalue weighted by Gasteiger charge is 2.04. The van der Waals surface area contributed by atoms with Crippen molar-refractivity contribution < 1.29 is 0 Å². The fraction of sp³-hybridized carbons (Fsp3) is 0.200. The molecule has 0 fully saturated rings. The van der Waals surface area contributed by atoms with Gasteiger partial charge in [0.1, 0.15) is 0 Å². The van der Waals surface area contributed by atoms with Crippen LogP contribution in [0.3, 0.4) is 0 Å². The topological polar surface area (TPSA) is 39.9 Å². The standard InChI is InChI=1S/C10H11N3S/c1-9(14-8-5-11)13(2)10-3-6-12-7-4-10/h3-4,6-7H,1,8H2,2H3. The number of pyridine rings is 1. The molecule has 0 bridgehead atoms. The summed E-state index contributed by atoms with van der Waals surface area (Å²) in [6, 6.07) is 5.87. The van der Waals surface area contributed by atoms with Gasteiger partial charge in [0, 0.05) is 25.1 Å². The molecule has 0 saturated heterocycles. The zero-order chi connectivity index (χ0) is 10.4. The van der Waals surface area contributed by atoms with E-state index in [2.05, 4.69) is 17.6 Å². The van der Waals surface area contributed by atoms with Gasteiger partial charge in [-0.05, 0) is 12.1 Å². The molecular formula is C10H11N3S. The predicted molar refractivity (Wildman–Crippen MR) is 59.9 cm³/mol. The van der Waals surface area contributed by atoms with Crippen LogP contribution in [-0.2, 0) is 0 Å². The molecule has 0 aromatic carbocycles. The maximum absolute atomic E-state index is 8.43. The van der Waals surface area contributed by atoms with Crippen LogP contribution in [-0.4, -0.2) is 17.8 Å². The molecule has 3 nitrogen and oxygen atoms in total. The maximum atomic E-state index is 8.43. The predicted octanol–water partition coefficient (Wildman–Crippen LogP) is 2.25. The number of thioether (sulfide) groups is 1. The van der Waals surface area contributed by atoms with Crippen LogP contribution in [0.1, 0.15) is 0 Å². The number of nitriles is 1. The van der Waals surface area contributed by atoms with E-state index in [1.807, 2.05) is 24.1 Å². The summed E-state index contributed by atoms with van der Waals surface area (Å²) in [5, 5.41) is 9.29. The van der Waals surface area contributed by atoms with Crippen LogP contribution in [0.25, 0.3) is 0 Å². The Morgan fingerprint density at radius 2 is 2.29 bits per heavy atom. The van der Waals surface area contributed by atoms with E-state index in [0.717, 1.165) is 10.7 Å². The number of nitrogens with zero attached hydrogens (tertiary/aromatic N) is 3. The Bertz CT molecular complexity index is 342. The molecule has 72 valence electrons. The summed E-state index contributed by atoms with van der Waals surface area (Å²) in [5.74, 6) is 0.425. The van der Waals surface area contributed by atoms with E-state index in [1.165, 1.54) is 11.8 Å². The summed E-state index contributed by atoms with van der Waals surface area (Å²) >= 11 is 1.43. The Balaban J connectivity index is 2.62. The molecule has 0 N–H and O–H groups in total. The van der Waals surface area contributed by atoms with Crippen LogP contribution in [0.15, 0.2) is 36.1 Å². The minimum absolute atomic E-state index is 0.425. The third-order valence-electron chi connectivity index (χ3n) is 1.73. The van der Waals surface area contributed by atoms with Crippen molar-refractivity contribution in [2.45, 2.75) is 0 Å². The molecule has 4 heteroatoms. The Labute approximate surface area is 88.1 Å². The summed E-state index contributed by atoms with van der Waals surface area (Å²) in [4.78, 5) is 5.87. The van der Waals surface area contributed by atoms with Crippen molar-refractivity contribution >= 4 is 17.4 Å². The first kappa shape index (κ1) is 10.6. The third kappa shape index (κ3) is 2.79. The molecule has 1 heterocycles. The van der Waals surface area contributed by atoms with Crippen LogP contribution in [0.2, 0.25) is 0 Å². The van der Waals surface area contributed by atoms with Gasteiger partial charge in [0.05, 0.1) is 16.9 Å². The van der Waals surface area contributed by atoms with E-state index >= 15 is 0 Å². The van der Waals surface area contributed by atoms with E-state index < -0.39 is 0 Å². The molecule has 0 radical (unpaired) electrons. The van der Waals surface area contributed by atoms with Crippen LogP contribution >= 0.6 is 11.8 Å². The molecule has 0 aliphatic carbocycles. The highest BCUT2D eigenvalue weighted by atomic mass is 32.2. The number of hydrogen-bond acceptors (Lipinski definition) is 4. The molecule has 0 aliphatic heterocycles. The zero-order valence-corrected chi connectivity index (χ0v) is 8.79. The van der Waals surface area contributed by atoms with E-state index in [4.69, 9.17) is 5.26 Å². The highest BCUT2D eigenvalue weighted by Crippen LogP contribution is 2.22. The summed E-state index contributed by atoms with van der Waals surface area (Å²) in [5.41, 5.74) is 1.02. The monoisotopic (exact) mass is 205 g/mol. The Hall–Kier alpha value is -1.47. The molecule has 1 rings (SSSR count). The van der Waals surface area contributed by atoms with Crippen LogP contribution in [0.4, 0.5) is 5.69 Å². The average Bonchev–Trinajstić information content (AvgIpc) is 2.26. The smallest absolute Gasteiger partial charge is 0.0869 e. The molecule has 0 unspecified atom stereocenters. The zero-order valence-electron chi connectivity index (χ0n) is 7.97. The van der Waals surface area contributed by atoms with Crippen molar-refractivity contribution in [3.8, 4) is 6.07 Å². The fourth-order valence-corrected chi connectivity index (χ4v) is 1.45. The van der Waals surface area contributed by atoms with Crippen molar-refractivity contribution in [1.29, 1.82) is 5.26 Å². The Kier molecular flexibility index (Phi) is 4.02. The van der Waals surface area contributed by atoms with Crippen LogP contribution < -0.4 is 4.90 Å². The molecule has 0 saturated carbocycles. The Morgan fingerprint density at radius 3 is 2.86 bits per heavy atom. The number of anilines is 1. The van der Waals surface area contributed by atoms with E-state index in [0.29, 0.717) is 5.75 Å². The number of aromatic nitrogens is 1. The maximum Gasteiger partial charge on any atom is 0.0869 e. The molecule has 14 heavy (non-hydrogen) atoms. The van der Waals surface area contributed by atoms with E-state index in [1.54, 1.807) is 12.4 Å². The van der Waals surface area contributed by atoms with Crippen molar-refractivity contribution in [3.63, 3.8) is 0 Å². The van der Waals surface area contributed by atoms with E-state index in [9.17, 15) is 0 Å². The van der Waals surface area contributed by atoms with Crippen molar-refractivity contribution in [3.05, 3.63) is 36.1 Å². The quantitative estimate of drug-likeness (QED) is 0.755. The summed E-state index contributed by atoms with van der Waals surface area (Å²) < 4.78 is 0. The lowest BCUT2D eigenvalue weighted by Gasteiger charge is -2.19. The van der Waals surface area contributed by atoms with Crippen LogP contribution in [0.5, 0.6) is 0 Å². The highest BCUT2D eigenvalue weighted by molar-refractivity contribution is 8.03. The van der Waals surface area contributed by atoms with Gasteiger partial charge in [-0.25, -0.2) is 0 Å². The van der Waals surface area contributed by atoms with Gasteiger partial charge in [-0.1, -0.05) is 18.3 Å². The van der Waals surface area contributed by atoms with Gasteiger partial charge in [0.15, 0.2) is 0 Å². The fourth-order valence-electron chi connectivity index (χ4n) is 0.924. The van der Waals surface area contributed by atoms with Gasteiger partial charge in [0.2, 0.25) is 0 Å². The first-order chi connectivity index (χ1) is 6.75. The van der Waals surface area contributed by atoms with Gasteiger partial charge >= 0.3 is 0 Å². The Morgan fingerprint density at radius 1 is 1.64 bits per heavy atom. The minimum Gasteiger partial charge on any atom is -0.340 e. The first-order valence-corrected chi connectivity index (χ1v) is 5.06. The summed E-state index contributed by atoms with van der Waals surface area (Å²) in [7, 11) is 1.92. The number of rotatable bonds is 4. The average molecular weight is 205 g/mol. The second-order valence-electron chi connectivity index (χ2n) is 2.60. The van der Waals surface area contributed by atoms with Gasteiger partial charge in [-0.15, -0.1) is 0 Å². The molecular weight excluding hydrogens is 194 g/mol. The molecule has 1 aromatic rings. The molecule has 0 spiro atoms. The van der Waals surface area contributed by atoms with E-state index in [-0.39, 0.29) is 0 Å². The van der Waals surface area contributed by atoms with Crippen LogP contribution in [0, 0.1) is 11.3 Å². The molecule has 0 aliphatic rings. The normalized spacial score (nSPS) is 9.14. The van der Waals surface area contributed by atoms with Gasteiger partial charge in [0.25, 0.3) is 0 Å². The van der Waals surface area contributed by atoms with Crippen molar-refractivity contribution in [2.24, 2.45) is 0 Å². The van der Waals surface area contributed by atoms with Crippen molar-refractivity contribution in [2.75, 3.05) is 17.7 Å². The lowest BCUT2D eigenvalue weighted by molar-refractivity contribution is 1.17. The van der Waals surface area contributed by atoms with Crippen molar-refractivity contribution in [1.82, 2.24) is 4.98 Å². The third-order valence-corrected chi connectivity index (χ3v) is 2.61. The second-order valence-corrected chi connectivity index (χ2v) is 3.65.